The Morgan fingerprint density at radius 3 is 2.43 bits per heavy atom. The summed E-state index contributed by atoms with van der Waals surface area (Å²) in [6.45, 7) is 6.90. The number of aliphatic hydroxyl groups is 1. The van der Waals surface area contributed by atoms with Gasteiger partial charge in [0.05, 0.1) is 4.34 Å². The van der Waals surface area contributed by atoms with E-state index in [0.29, 0.717) is 5.92 Å². The average Bonchev–Trinajstić information content (AvgIpc) is 2.49. The van der Waals surface area contributed by atoms with E-state index in [9.17, 15) is 5.11 Å². The maximum Gasteiger partial charge on any atom is 0.0931 e. The van der Waals surface area contributed by atoms with Crippen molar-refractivity contribution in [1.82, 2.24) is 0 Å². The summed E-state index contributed by atoms with van der Waals surface area (Å²) in [5.74, 6) is 0.365. The maximum atomic E-state index is 9.32. The van der Waals surface area contributed by atoms with Crippen LogP contribution in [0.1, 0.15) is 25.6 Å². The lowest BCUT2D eigenvalue weighted by Gasteiger charge is -2.11. The molecule has 1 heterocycles. The monoisotopic (exact) mass is 230 g/mol. The molecule has 14 heavy (non-hydrogen) atoms. The van der Waals surface area contributed by atoms with Crippen LogP contribution in [-0.2, 0) is 5.41 Å². The lowest BCUT2D eigenvalue weighted by atomic mass is 9.96. The number of halogens is 1. The molecule has 0 saturated heterocycles. The second-order valence-electron chi connectivity index (χ2n) is 4.76. The van der Waals surface area contributed by atoms with E-state index in [4.69, 9.17) is 11.6 Å². The van der Waals surface area contributed by atoms with E-state index in [2.05, 4.69) is 26.8 Å². The zero-order valence-electron chi connectivity index (χ0n) is 8.67. The molecule has 0 bridgehead atoms. The van der Waals surface area contributed by atoms with E-state index in [1.54, 1.807) is 11.3 Å². The van der Waals surface area contributed by atoms with E-state index in [0.717, 1.165) is 4.34 Å². The summed E-state index contributed by atoms with van der Waals surface area (Å²) in [4.78, 5) is 1.30. The van der Waals surface area contributed by atoms with Crippen molar-refractivity contribution < 1.29 is 5.11 Å². The second kappa shape index (κ2) is 2.97. The SMILES string of the molecule is CC1(C)C(CO)C1(C)c1ccc(Cl)s1. The predicted octanol–water partition coefficient (Wildman–Crippen LogP) is 3.31. The Morgan fingerprint density at radius 2 is 2.07 bits per heavy atom. The molecule has 1 N–H and O–H groups in total. The average molecular weight is 231 g/mol. The first kappa shape index (κ1) is 10.5. The van der Waals surface area contributed by atoms with Gasteiger partial charge in [-0.2, -0.15) is 0 Å². The van der Waals surface area contributed by atoms with Crippen LogP contribution in [0.25, 0.3) is 0 Å². The van der Waals surface area contributed by atoms with Crippen molar-refractivity contribution in [3.63, 3.8) is 0 Å². The van der Waals surface area contributed by atoms with Crippen LogP contribution in [0.5, 0.6) is 0 Å². The van der Waals surface area contributed by atoms with Crippen molar-refractivity contribution in [3.05, 3.63) is 21.3 Å². The van der Waals surface area contributed by atoms with Crippen molar-refractivity contribution in [2.75, 3.05) is 6.61 Å². The van der Waals surface area contributed by atoms with Crippen LogP contribution in [0.3, 0.4) is 0 Å². The molecule has 1 aliphatic carbocycles. The molecule has 78 valence electrons. The zero-order valence-corrected chi connectivity index (χ0v) is 10.2. The van der Waals surface area contributed by atoms with Crippen molar-refractivity contribution in [1.29, 1.82) is 0 Å². The first-order chi connectivity index (χ1) is 6.44. The zero-order chi connectivity index (χ0) is 10.6. The molecule has 0 spiro atoms. The molecule has 0 aliphatic heterocycles. The molecule has 1 nitrogen and oxygen atoms in total. The van der Waals surface area contributed by atoms with Crippen molar-refractivity contribution >= 4 is 22.9 Å². The Kier molecular flexibility index (Phi) is 2.22. The molecule has 0 amide bonds. The van der Waals surface area contributed by atoms with Crippen molar-refractivity contribution in [3.8, 4) is 0 Å². The number of hydrogen-bond donors (Lipinski definition) is 1. The van der Waals surface area contributed by atoms with Gasteiger partial charge < -0.3 is 5.11 Å². The molecule has 1 aromatic rings. The smallest absolute Gasteiger partial charge is 0.0931 e. The molecule has 1 fully saturated rings. The van der Waals surface area contributed by atoms with Gasteiger partial charge in [0.2, 0.25) is 0 Å². The van der Waals surface area contributed by atoms with E-state index in [1.807, 2.05) is 6.07 Å². The number of hydrogen-bond acceptors (Lipinski definition) is 2. The number of thiophene rings is 1. The highest BCUT2D eigenvalue weighted by Crippen LogP contribution is 2.69. The summed E-state index contributed by atoms with van der Waals surface area (Å²) in [7, 11) is 0. The third-order valence-electron chi connectivity index (χ3n) is 4.09. The first-order valence-electron chi connectivity index (χ1n) is 4.81. The Balaban J connectivity index is 2.36. The largest absolute Gasteiger partial charge is 0.396 e. The summed E-state index contributed by atoms with van der Waals surface area (Å²) < 4.78 is 0.834. The Bertz CT molecular complexity index is 358. The summed E-state index contributed by atoms with van der Waals surface area (Å²) in [6.07, 6.45) is 0. The minimum absolute atomic E-state index is 0.111. The van der Waals surface area contributed by atoms with Crippen LogP contribution in [0.2, 0.25) is 4.34 Å². The molecule has 2 unspecified atom stereocenters. The number of aliphatic hydroxyl groups excluding tert-OH is 1. The van der Waals surface area contributed by atoms with Gasteiger partial charge in [-0.1, -0.05) is 32.4 Å². The van der Waals surface area contributed by atoms with E-state index >= 15 is 0 Å². The van der Waals surface area contributed by atoms with Crippen LogP contribution in [-0.4, -0.2) is 11.7 Å². The van der Waals surface area contributed by atoms with Crippen LogP contribution in [0.4, 0.5) is 0 Å². The van der Waals surface area contributed by atoms with Crippen molar-refractivity contribution in [2.24, 2.45) is 11.3 Å². The molecule has 2 atom stereocenters. The lowest BCUT2D eigenvalue weighted by Crippen LogP contribution is -2.07. The fraction of sp³-hybridized carbons (Fsp3) is 0.636. The highest BCUT2D eigenvalue weighted by Gasteiger charge is 2.68. The summed E-state index contributed by atoms with van der Waals surface area (Å²) in [5.41, 5.74) is 0.301. The standard InChI is InChI=1S/C11H15ClOS/c1-10(2)7(6-13)11(10,3)8-4-5-9(12)14-8/h4-5,7,13H,6H2,1-3H3. The van der Waals surface area contributed by atoms with Gasteiger partial charge in [0.15, 0.2) is 0 Å². The third-order valence-corrected chi connectivity index (χ3v) is 5.56. The Hall–Kier alpha value is -0.0500. The molecule has 0 aromatic carbocycles. The Labute approximate surface area is 93.7 Å². The number of rotatable bonds is 2. The van der Waals surface area contributed by atoms with Gasteiger partial charge in [-0.05, 0) is 23.5 Å². The summed E-state index contributed by atoms with van der Waals surface area (Å²) in [5, 5.41) is 9.32. The molecule has 3 heteroatoms. The van der Waals surface area contributed by atoms with Gasteiger partial charge in [-0.3, -0.25) is 0 Å². The van der Waals surface area contributed by atoms with Crippen LogP contribution in [0.15, 0.2) is 12.1 Å². The van der Waals surface area contributed by atoms with Gasteiger partial charge in [0.25, 0.3) is 0 Å². The van der Waals surface area contributed by atoms with E-state index < -0.39 is 0 Å². The quantitative estimate of drug-likeness (QED) is 0.827. The van der Waals surface area contributed by atoms with Gasteiger partial charge in [0.1, 0.15) is 0 Å². The van der Waals surface area contributed by atoms with Gasteiger partial charge in [0, 0.05) is 16.9 Å². The summed E-state index contributed by atoms with van der Waals surface area (Å²) in [6, 6.07) is 4.03. The van der Waals surface area contributed by atoms with E-state index in [-0.39, 0.29) is 17.4 Å². The molecule has 0 radical (unpaired) electrons. The normalized spacial score (nSPS) is 34.5. The fourth-order valence-corrected chi connectivity index (χ4v) is 4.01. The fourth-order valence-electron chi connectivity index (χ4n) is 2.60. The minimum atomic E-state index is 0.111. The lowest BCUT2D eigenvalue weighted by molar-refractivity contribution is 0.254. The van der Waals surface area contributed by atoms with Gasteiger partial charge >= 0.3 is 0 Å². The third kappa shape index (κ3) is 1.11. The van der Waals surface area contributed by atoms with Gasteiger partial charge in [-0.25, -0.2) is 0 Å². The van der Waals surface area contributed by atoms with E-state index in [1.165, 1.54) is 4.88 Å². The minimum Gasteiger partial charge on any atom is -0.396 e. The Morgan fingerprint density at radius 1 is 1.43 bits per heavy atom. The maximum absolute atomic E-state index is 9.32. The highest BCUT2D eigenvalue weighted by molar-refractivity contribution is 7.16. The topological polar surface area (TPSA) is 20.2 Å². The van der Waals surface area contributed by atoms with Crippen LogP contribution < -0.4 is 0 Å². The molecular formula is C11H15ClOS. The van der Waals surface area contributed by atoms with Gasteiger partial charge in [-0.15, -0.1) is 11.3 Å². The predicted molar refractivity (Wildman–Crippen MR) is 61.0 cm³/mol. The summed E-state index contributed by atoms with van der Waals surface area (Å²) >= 11 is 7.57. The molecule has 1 aliphatic rings. The first-order valence-corrected chi connectivity index (χ1v) is 6.00. The molecule has 1 saturated carbocycles. The second-order valence-corrected chi connectivity index (χ2v) is 6.48. The molecule has 1 aromatic heterocycles. The highest BCUT2D eigenvalue weighted by atomic mass is 35.5. The molecular weight excluding hydrogens is 216 g/mol. The van der Waals surface area contributed by atoms with Crippen LogP contribution >= 0.6 is 22.9 Å². The van der Waals surface area contributed by atoms with Crippen molar-refractivity contribution in [2.45, 2.75) is 26.2 Å². The van der Waals surface area contributed by atoms with Crippen LogP contribution in [0, 0.1) is 11.3 Å². The molecule has 2 rings (SSSR count).